The molecule has 2 aromatic carbocycles. The number of nitrogens with zero attached hydrogens (tertiary/aromatic N) is 1. The van der Waals surface area contributed by atoms with Crippen LogP contribution < -0.4 is 0 Å². The molecule has 134 valence electrons. The maximum absolute atomic E-state index is 6.35. The Kier molecular flexibility index (Phi) is 6.57. The summed E-state index contributed by atoms with van der Waals surface area (Å²) in [6.45, 7) is 15.5. The highest BCUT2D eigenvalue weighted by atomic mass is 16.7. The molecule has 0 aromatic heterocycles. The Morgan fingerprint density at radius 2 is 1.60 bits per heavy atom. The van der Waals surface area contributed by atoms with E-state index in [4.69, 9.17) is 4.84 Å². The highest BCUT2D eigenvalue weighted by Crippen LogP contribution is 2.34. The summed E-state index contributed by atoms with van der Waals surface area (Å²) in [4.78, 5) is 6.35. The fourth-order valence-electron chi connectivity index (χ4n) is 3.03. The number of hydroxylamine groups is 2. The third kappa shape index (κ3) is 5.29. The fourth-order valence-corrected chi connectivity index (χ4v) is 3.03. The summed E-state index contributed by atoms with van der Waals surface area (Å²) in [5, 5.41) is 2.16. The van der Waals surface area contributed by atoms with E-state index in [-0.39, 0.29) is 11.6 Å². The Labute approximate surface area is 153 Å². The zero-order chi connectivity index (χ0) is 18.4. The lowest BCUT2D eigenvalue weighted by Gasteiger charge is -2.42. The van der Waals surface area contributed by atoms with Crippen molar-refractivity contribution in [2.75, 3.05) is 0 Å². The Balaban J connectivity index is 2.23. The average Bonchev–Trinajstić information content (AvgIpc) is 2.58. The highest BCUT2D eigenvalue weighted by Gasteiger charge is 2.33. The minimum atomic E-state index is -0.105. The summed E-state index contributed by atoms with van der Waals surface area (Å²) >= 11 is 0. The third-order valence-electron chi connectivity index (χ3n) is 4.27. The van der Waals surface area contributed by atoms with Crippen molar-refractivity contribution >= 4 is 6.08 Å². The average molecular weight is 338 g/mol. The first-order chi connectivity index (χ1) is 11.8. The molecule has 0 saturated heterocycles. The van der Waals surface area contributed by atoms with E-state index in [2.05, 4.69) is 101 Å². The predicted octanol–water partition coefficient (Wildman–Crippen LogP) is 6.26. The monoisotopic (exact) mass is 337 g/mol. The molecule has 0 aliphatic heterocycles. The zero-order valence-electron chi connectivity index (χ0n) is 16.2. The maximum atomic E-state index is 6.35. The zero-order valence-corrected chi connectivity index (χ0v) is 16.2. The van der Waals surface area contributed by atoms with Crippen molar-refractivity contribution in [1.29, 1.82) is 0 Å². The molecule has 0 N–H and O–H groups in total. The van der Waals surface area contributed by atoms with E-state index in [1.807, 2.05) is 6.08 Å². The molecule has 1 unspecified atom stereocenters. The van der Waals surface area contributed by atoms with Crippen molar-refractivity contribution in [3.63, 3.8) is 0 Å². The molecule has 0 amide bonds. The molecule has 0 aliphatic carbocycles. The Morgan fingerprint density at radius 1 is 1.00 bits per heavy atom. The Morgan fingerprint density at radius 3 is 2.08 bits per heavy atom. The minimum absolute atomic E-state index is 0.105. The van der Waals surface area contributed by atoms with Gasteiger partial charge in [-0.1, -0.05) is 81.1 Å². The van der Waals surface area contributed by atoms with Crippen LogP contribution >= 0.6 is 0 Å². The molecule has 0 heterocycles. The molecule has 0 aliphatic rings. The van der Waals surface area contributed by atoms with Gasteiger partial charge in [-0.25, -0.2) is 0 Å². The van der Waals surface area contributed by atoms with E-state index in [1.165, 1.54) is 5.56 Å². The molecule has 2 nitrogen and oxygen atoms in total. The SMILES string of the molecule is C=Cc1ccc(CON(C(c2ccccc2)C(C)C)C(C)(C)C)cc1. The summed E-state index contributed by atoms with van der Waals surface area (Å²) in [6, 6.07) is 19.2. The predicted molar refractivity (Wildman–Crippen MR) is 107 cm³/mol. The van der Waals surface area contributed by atoms with Crippen LogP contribution in [-0.4, -0.2) is 10.6 Å². The summed E-state index contributed by atoms with van der Waals surface area (Å²) in [6.07, 6.45) is 1.86. The van der Waals surface area contributed by atoms with E-state index >= 15 is 0 Å². The van der Waals surface area contributed by atoms with E-state index in [0.717, 1.165) is 11.1 Å². The van der Waals surface area contributed by atoms with E-state index < -0.39 is 0 Å². The molecule has 0 radical (unpaired) electrons. The van der Waals surface area contributed by atoms with Crippen LogP contribution in [0.4, 0.5) is 0 Å². The van der Waals surface area contributed by atoms with E-state index in [0.29, 0.717) is 12.5 Å². The van der Waals surface area contributed by atoms with E-state index in [9.17, 15) is 0 Å². The summed E-state index contributed by atoms with van der Waals surface area (Å²) in [5.74, 6) is 0.435. The van der Waals surface area contributed by atoms with Gasteiger partial charge in [-0.2, -0.15) is 5.06 Å². The smallest absolute Gasteiger partial charge is 0.0936 e. The topological polar surface area (TPSA) is 12.5 Å². The summed E-state index contributed by atoms with van der Waals surface area (Å²) < 4.78 is 0. The van der Waals surface area contributed by atoms with Crippen molar-refractivity contribution in [2.24, 2.45) is 5.92 Å². The van der Waals surface area contributed by atoms with Gasteiger partial charge in [-0.3, -0.25) is 4.84 Å². The molecule has 2 aromatic rings. The molecular weight excluding hydrogens is 306 g/mol. The lowest BCUT2D eigenvalue weighted by molar-refractivity contribution is -0.254. The molecule has 1 atom stereocenters. The number of hydrogen-bond acceptors (Lipinski definition) is 2. The van der Waals surface area contributed by atoms with Crippen molar-refractivity contribution in [2.45, 2.75) is 52.8 Å². The van der Waals surface area contributed by atoms with Gasteiger partial charge in [-0.05, 0) is 43.4 Å². The normalized spacial score (nSPS) is 13.2. The van der Waals surface area contributed by atoms with Gasteiger partial charge < -0.3 is 0 Å². The van der Waals surface area contributed by atoms with Gasteiger partial charge in [0.05, 0.1) is 12.6 Å². The van der Waals surface area contributed by atoms with Gasteiger partial charge in [0.25, 0.3) is 0 Å². The number of benzene rings is 2. The second-order valence-corrected chi connectivity index (χ2v) is 7.82. The van der Waals surface area contributed by atoms with Gasteiger partial charge in [0.15, 0.2) is 0 Å². The molecule has 0 saturated carbocycles. The van der Waals surface area contributed by atoms with Crippen LogP contribution in [0.15, 0.2) is 61.2 Å². The van der Waals surface area contributed by atoms with Crippen molar-refractivity contribution in [3.05, 3.63) is 77.9 Å². The molecule has 25 heavy (non-hydrogen) atoms. The van der Waals surface area contributed by atoms with Gasteiger partial charge in [0.1, 0.15) is 0 Å². The maximum Gasteiger partial charge on any atom is 0.0936 e. The molecule has 2 rings (SSSR count). The highest BCUT2D eigenvalue weighted by molar-refractivity contribution is 5.47. The third-order valence-corrected chi connectivity index (χ3v) is 4.27. The first-order valence-corrected chi connectivity index (χ1v) is 9.01. The van der Waals surface area contributed by atoms with Crippen LogP contribution in [0.1, 0.15) is 57.4 Å². The first kappa shape index (κ1) is 19.4. The van der Waals surface area contributed by atoms with Gasteiger partial charge in [-0.15, -0.1) is 0 Å². The second-order valence-electron chi connectivity index (χ2n) is 7.82. The molecule has 0 spiro atoms. The van der Waals surface area contributed by atoms with E-state index in [1.54, 1.807) is 0 Å². The van der Waals surface area contributed by atoms with Crippen LogP contribution in [0.25, 0.3) is 6.08 Å². The molecule has 0 fully saturated rings. The van der Waals surface area contributed by atoms with Crippen LogP contribution in [0.5, 0.6) is 0 Å². The number of rotatable bonds is 7. The fraction of sp³-hybridized carbons (Fsp3) is 0.391. The van der Waals surface area contributed by atoms with Gasteiger partial charge >= 0.3 is 0 Å². The van der Waals surface area contributed by atoms with Gasteiger partial charge in [0.2, 0.25) is 0 Å². The number of hydrogen-bond donors (Lipinski definition) is 0. The van der Waals surface area contributed by atoms with Crippen LogP contribution in [0, 0.1) is 5.92 Å². The second kappa shape index (κ2) is 8.46. The molecular formula is C23H31NO. The van der Waals surface area contributed by atoms with Crippen molar-refractivity contribution in [3.8, 4) is 0 Å². The first-order valence-electron chi connectivity index (χ1n) is 9.01. The summed E-state index contributed by atoms with van der Waals surface area (Å²) in [5.41, 5.74) is 3.47. The summed E-state index contributed by atoms with van der Waals surface area (Å²) in [7, 11) is 0. The van der Waals surface area contributed by atoms with Crippen LogP contribution in [0.3, 0.4) is 0 Å². The molecule has 2 heteroatoms. The largest absolute Gasteiger partial charge is 0.293 e. The lowest BCUT2D eigenvalue weighted by Crippen LogP contribution is -2.45. The quantitative estimate of drug-likeness (QED) is 0.553. The molecule has 0 bridgehead atoms. The standard InChI is InChI=1S/C23H31NO/c1-7-19-13-15-20(16-14-19)17-25-24(23(4,5)6)22(18(2)3)21-11-9-8-10-12-21/h7-16,18,22H,1,17H2,2-6H3. The van der Waals surface area contributed by atoms with Crippen molar-refractivity contribution in [1.82, 2.24) is 5.06 Å². The minimum Gasteiger partial charge on any atom is -0.293 e. The van der Waals surface area contributed by atoms with Crippen molar-refractivity contribution < 1.29 is 4.84 Å². The van der Waals surface area contributed by atoms with Crippen LogP contribution in [0.2, 0.25) is 0 Å². The lowest BCUT2D eigenvalue weighted by atomic mass is 9.92. The van der Waals surface area contributed by atoms with Crippen LogP contribution in [-0.2, 0) is 11.4 Å². The Hall–Kier alpha value is -1.90. The van der Waals surface area contributed by atoms with Gasteiger partial charge in [0, 0.05) is 5.54 Å². The Bertz CT molecular complexity index is 653.